The second-order valence-corrected chi connectivity index (χ2v) is 5.44. The molecule has 0 aliphatic carbocycles. The lowest BCUT2D eigenvalue weighted by Gasteiger charge is -2.27. The second kappa shape index (κ2) is 5.14. The van der Waals surface area contributed by atoms with E-state index in [-0.39, 0.29) is 11.9 Å². The van der Waals surface area contributed by atoms with Gasteiger partial charge in [-0.05, 0) is 39.0 Å². The molecule has 17 heavy (non-hydrogen) atoms. The highest BCUT2D eigenvalue weighted by Gasteiger charge is 2.27. The van der Waals surface area contributed by atoms with Crippen LogP contribution in [0.3, 0.4) is 0 Å². The maximum absolute atomic E-state index is 13.6. The molecule has 3 nitrogen and oxygen atoms in total. The lowest BCUT2D eigenvalue weighted by Crippen LogP contribution is -2.51. The van der Waals surface area contributed by atoms with Crippen LogP contribution in [0.1, 0.15) is 32.4 Å². The molecule has 0 spiro atoms. The molecule has 1 rings (SSSR count). The molecule has 0 aromatic heterocycles. The van der Waals surface area contributed by atoms with Crippen LogP contribution in [0.2, 0.25) is 0 Å². The van der Waals surface area contributed by atoms with Crippen LogP contribution in [0, 0.1) is 5.82 Å². The van der Waals surface area contributed by atoms with Crippen molar-refractivity contribution < 1.29 is 9.18 Å². The maximum atomic E-state index is 13.6. The van der Waals surface area contributed by atoms with Gasteiger partial charge in [-0.15, -0.1) is 0 Å². The van der Waals surface area contributed by atoms with E-state index in [2.05, 4.69) is 21.2 Å². The maximum Gasteiger partial charge on any atom is 0.237 e. The quantitative estimate of drug-likeness (QED) is 0.898. The third kappa shape index (κ3) is 3.51. The van der Waals surface area contributed by atoms with Crippen molar-refractivity contribution in [3.05, 3.63) is 34.1 Å². The van der Waals surface area contributed by atoms with Crippen molar-refractivity contribution in [2.75, 3.05) is 0 Å². The van der Waals surface area contributed by atoms with E-state index in [9.17, 15) is 9.18 Å². The summed E-state index contributed by atoms with van der Waals surface area (Å²) in [6.45, 7) is 5.12. The Labute approximate surface area is 109 Å². The number of hydrogen-bond donors (Lipinski definition) is 2. The van der Waals surface area contributed by atoms with E-state index in [0.29, 0.717) is 5.56 Å². The summed E-state index contributed by atoms with van der Waals surface area (Å²) in [5.74, 6) is -0.784. The van der Waals surface area contributed by atoms with Gasteiger partial charge in [0, 0.05) is 16.1 Å². The molecule has 5 heteroatoms. The normalized spacial score (nSPS) is 13.5. The fraction of sp³-hybridized carbons (Fsp3) is 0.417. The first-order valence-corrected chi connectivity index (χ1v) is 6.06. The molecule has 0 bridgehead atoms. The first-order chi connectivity index (χ1) is 7.74. The van der Waals surface area contributed by atoms with Gasteiger partial charge < -0.3 is 5.73 Å². The molecule has 1 unspecified atom stereocenters. The zero-order valence-corrected chi connectivity index (χ0v) is 11.6. The summed E-state index contributed by atoms with van der Waals surface area (Å²) in [6.07, 6.45) is 0. The molecule has 0 fully saturated rings. The molecule has 0 saturated heterocycles. The number of nitrogens with two attached hydrogens (primary N) is 1. The first kappa shape index (κ1) is 14.1. The predicted octanol–water partition coefficient (Wildman–Crippen LogP) is 2.50. The molecule has 0 radical (unpaired) electrons. The molecule has 1 amide bonds. The summed E-state index contributed by atoms with van der Waals surface area (Å²) >= 11 is 3.29. The van der Waals surface area contributed by atoms with Crippen LogP contribution in [-0.4, -0.2) is 11.4 Å². The molecule has 0 heterocycles. The van der Waals surface area contributed by atoms with Gasteiger partial charge in [0.15, 0.2) is 0 Å². The summed E-state index contributed by atoms with van der Waals surface area (Å²) in [5, 5.41) is 3.00. The van der Waals surface area contributed by atoms with Crippen LogP contribution in [0.5, 0.6) is 0 Å². The molecule has 1 atom stereocenters. The summed E-state index contributed by atoms with van der Waals surface area (Å²) in [4.78, 5) is 11.2. The molecular formula is C12H16BrFN2O. The zero-order valence-electron chi connectivity index (χ0n) is 10.1. The molecular weight excluding hydrogens is 287 g/mol. The van der Waals surface area contributed by atoms with E-state index in [4.69, 9.17) is 5.73 Å². The number of halogens is 2. The van der Waals surface area contributed by atoms with Gasteiger partial charge >= 0.3 is 0 Å². The minimum atomic E-state index is -0.881. The largest absolute Gasteiger partial charge is 0.368 e. The van der Waals surface area contributed by atoms with Crippen LogP contribution in [0.15, 0.2) is 22.7 Å². The summed E-state index contributed by atoms with van der Waals surface area (Å²) < 4.78 is 14.4. The predicted molar refractivity (Wildman–Crippen MR) is 68.9 cm³/mol. The van der Waals surface area contributed by atoms with Gasteiger partial charge in [-0.3, -0.25) is 10.1 Å². The number of nitrogens with one attached hydrogen (secondary N) is 1. The third-order valence-electron chi connectivity index (χ3n) is 2.62. The summed E-state index contributed by atoms with van der Waals surface area (Å²) in [5.41, 5.74) is 4.87. The van der Waals surface area contributed by atoms with Gasteiger partial charge in [0.25, 0.3) is 0 Å². The number of benzene rings is 1. The van der Waals surface area contributed by atoms with Crippen LogP contribution in [0.25, 0.3) is 0 Å². The number of amides is 1. The van der Waals surface area contributed by atoms with Crippen molar-refractivity contribution in [1.29, 1.82) is 0 Å². The van der Waals surface area contributed by atoms with Crippen LogP contribution in [-0.2, 0) is 4.79 Å². The molecule has 1 aromatic rings. The topological polar surface area (TPSA) is 55.1 Å². The van der Waals surface area contributed by atoms with Crippen molar-refractivity contribution in [3.8, 4) is 0 Å². The molecule has 0 saturated carbocycles. The number of carbonyl (C=O) groups is 1. The standard InChI is InChI=1S/C12H16BrFN2O/c1-7(16-12(2,3)11(15)17)9-6-8(13)4-5-10(9)14/h4-7,16H,1-3H3,(H2,15,17). The highest BCUT2D eigenvalue weighted by Crippen LogP contribution is 2.23. The van der Waals surface area contributed by atoms with Crippen LogP contribution >= 0.6 is 15.9 Å². The summed E-state index contributed by atoms with van der Waals surface area (Å²) in [6, 6.07) is 4.39. The Hall–Kier alpha value is -0.940. The third-order valence-corrected chi connectivity index (χ3v) is 3.11. The Bertz CT molecular complexity index is 435. The molecule has 0 aliphatic rings. The van der Waals surface area contributed by atoms with E-state index in [1.54, 1.807) is 32.9 Å². The lowest BCUT2D eigenvalue weighted by atomic mass is 10.00. The van der Waals surface area contributed by atoms with Crippen molar-refractivity contribution in [2.45, 2.75) is 32.4 Å². The monoisotopic (exact) mass is 302 g/mol. The number of rotatable bonds is 4. The van der Waals surface area contributed by atoms with Gasteiger partial charge in [-0.25, -0.2) is 4.39 Å². The highest BCUT2D eigenvalue weighted by atomic mass is 79.9. The Morgan fingerprint density at radius 3 is 2.65 bits per heavy atom. The number of hydrogen-bond acceptors (Lipinski definition) is 2. The number of primary amides is 1. The van der Waals surface area contributed by atoms with E-state index in [1.165, 1.54) is 6.07 Å². The Kier molecular flexibility index (Phi) is 4.27. The zero-order chi connectivity index (χ0) is 13.2. The van der Waals surface area contributed by atoms with E-state index < -0.39 is 11.4 Å². The Balaban J connectivity index is 2.94. The van der Waals surface area contributed by atoms with Gasteiger partial charge in [0.1, 0.15) is 5.82 Å². The molecule has 94 valence electrons. The SMILES string of the molecule is CC(NC(C)(C)C(N)=O)c1cc(Br)ccc1F. The van der Waals surface area contributed by atoms with Crippen LogP contribution in [0.4, 0.5) is 4.39 Å². The van der Waals surface area contributed by atoms with Gasteiger partial charge in [0.05, 0.1) is 5.54 Å². The van der Waals surface area contributed by atoms with Crippen molar-refractivity contribution in [1.82, 2.24) is 5.32 Å². The van der Waals surface area contributed by atoms with E-state index in [0.717, 1.165) is 4.47 Å². The first-order valence-electron chi connectivity index (χ1n) is 5.26. The Morgan fingerprint density at radius 2 is 2.12 bits per heavy atom. The van der Waals surface area contributed by atoms with Gasteiger partial charge in [0.2, 0.25) is 5.91 Å². The van der Waals surface area contributed by atoms with Crippen LogP contribution < -0.4 is 11.1 Å². The smallest absolute Gasteiger partial charge is 0.237 e. The number of carbonyl (C=O) groups excluding carboxylic acids is 1. The molecule has 0 aliphatic heterocycles. The fourth-order valence-electron chi connectivity index (χ4n) is 1.54. The van der Waals surface area contributed by atoms with Crippen molar-refractivity contribution >= 4 is 21.8 Å². The minimum Gasteiger partial charge on any atom is -0.368 e. The van der Waals surface area contributed by atoms with Gasteiger partial charge in [-0.1, -0.05) is 15.9 Å². The van der Waals surface area contributed by atoms with Crippen molar-refractivity contribution in [3.63, 3.8) is 0 Å². The fourth-order valence-corrected chi connectivity index (χ4v) is 1.92. The average molecular weight is 303 g/mol. The molecule has 3 N–H and O–H groups in total. The average Bonchev–Trinajstić information content (AvgIpc) is 2.20. The molecule has 1 aromatic carbocycles. The second-order valence-electron chi connectivity index (χ2n) is 4.52. The highest BCUT2D eigenvalue weighted by molar-refractivity contribution is 9.10. The minimum absolute atomic E-state index is 0.310. The Morgan fingerprint density at radius 1 is 1.53 bits per heavy atom. The lowest BCUT2D eigenvalue weighted by molar-refractivity contribution is -0.123. The van der Waals surface area contributed by atoms with Crippen molar-refractivity contribution in [2.24, 2.45) is 5.73 Å². The van der Waals surface area contributed by atoms with E-state index in [1.807, 2.05) is 0 Å². The summed E-state index contributed by atoms with van der Waals surface area (Å²) in [7, 11) is 0. The van der Waals surface area contributed by atoms with Gasteiger partial charge in [-0.2, -0.15) is 0 Å². The van der Waals surface area contributed by atoms with E-state index >= 15 is 0 Å².